The lowest BCUT2D eigenvalue weighted by atomic mass is 10.2. The highest BCUT2D eigenvalue weighted by Crippen LogP contribution is 2.26. The fraction of sp³-hybridized carbons (Fsp3) is 0.286. The highest BCUT2D eigenvalue weighted by atomic mass is 16.3. The van der Waals surface area contributed by atoms with Gasteiger partial charge in [-0.25, -0.2) is 4.98 Å². The van der Waals surface area contributed by atoms with Gasteiger partial charge in [0.1, 0.15) is 5.69 Å². The molecule has 0 amide bonds. The monoisotopic (exact) mass is 269 g/mol. The third-order valence-corrected chi connectivity index (χ3v) is 3.45. The van der Waals surface area contributed by atoms with E-state index in [9.17, 15) is 4.91 Å². The van der Waals surface area contributed by atoms with Crippen molar-refractivity contribution in [3.05, 3.63) is 47.8 Å². The fourth-order valence-electron chi connectivity index (χ4n) is 2.42. The van der Waals surface area contributed by atoms with Crippen molar-refractivity contribution in [1.29, 1.82) is 0 Å². The maximum Gasteiger partial charge on any atom is 0.158 e. The molecule has 1 saturated heterocycles. The summed E-state index contributed by atoms with van der Waals surface area (Å²) in [6.07, 6.45) is 5.34. The number of rotatable bonds is 3. The summed E-state index contributed by atoms with van der Waals surface area (Å²) in [5, 5.41) is 3.05. The van der Waals surface area contributed by atoms with E-state index < -0.39 is 0 Å². The molecule has 3 rings (SSSR count). The summed E-state index contributed by atoms with van der Waals surface area (Å²) >= 11 is 0. The number of hydrogen-bond acceptors (Lipinski definition) is 6. The van der Waals surface area contributed by atoms with Crippen LogP contribution in [0.1, 0.15) is 0 Å². The van der Waals surface area contributed by atoms with E-state index in [1.807, 2.05) is 12.3 Å². The van der Waals surface area contributed by atoms with Crippen molar-refractivity contribution in [2.75, 3.05) is 36.0 Å². The molecule has 3 heterocycles. The Hall–Kier alpha value is -2.50. The van der Waals surface area contributed by atoms with Crippen LogP contribution in [0.15, 0.2) is 48.0 Å². The molecule has 0 spiro atoms. The molecule has 102 valence electrons. The maximum absolute atomic E-state index is 10.8. The van der Waals surface area contributed by atoms with Gasteiger partial charge in [-0.1, -0.05) is 0 Å². The van der Waals surface area contributed by atoms with Crippen LogP contribution in [0.4, 0.5) is 17.2 Å². The predicted octanol–water partition coefficient (Wildman–Crippen LogP) is 2.20. The van der Waals surface area contributed by atoms with Gasteiger partial charge in [0.25, 0.3) is 0 Å². The first-order valence-electron chi connectivity index (χ1n) is 6.57. The van der Waals surface area contributed by atoms with E-state index in [4.69, 9.17) is 0 Å². The van der Waals surface area contributed by atoms with Gasteiger partial charge in [0.2, 0.25) is 0 Å². The zero-order valence-corrected chi connectivity index (χ0v) is 11.0. The van der Waals surface area contributed by atoms with Crippen molar-refractivity contribution >= 4 is 17.2 Å². The van der Waals surface area contributed by atoms with Gasteiger partial charge in [0.05, 0.1) is 11.9 Å². The van der Waals surface area contributed by atoms with Crippen molar-refractivity contribution < 1.29 is 0 Å². The van der Waals surface area contributed by atoms with Crippen LogP contribution >= 0.6 is 0 Å². The third-order valence-electron chi connectivity index (χ3n) is 3.45. The Labute approximate surface area is 117 Å². The quantitative estimate of drug-likeness (QED) is 0.799. The Morgan fingerprint density at radius 1 is 1.00 bits per heavy atom. The molecule has 20 heavy (non-hydrogen) atoms. The van der Waals surface area contributed by atoms with Gasteiger partial charge in [-0.15, -0.1) is 4.91 Å². The number of nitrogens with zero attached hydrogens (tertiary/aromatic N) is 5. The molecule has 0 unspecified atom stereocenters. The van der Waals surface area contributed by atoms with E-state index in [1.54, 1.807) is 24.5 Å². The summed E-state index contributed by atoms with van der Waals surface area (Å²) in [5.41, 5.74) is 1.53. The van der Waals surface area contributed by atoms with Gasteiger partial charge in [-0.05, 0) is 29.4 Å². The van der Waals surface area contributed by atoms with Crippen LogP contribution in [0.3, 0.4) is 0 Å². The number of piperazine rings is 1. The van der Waals surface area contributed by atoms with Gasteiger partial charge in [-0.3, -0.25) is 4.98 Å². The molecule has 0 radical (unpaired) electrons. The van der Waals surface area contributed by atoms with E-state index in [1.165, 1.54) is 0 Å². The van der Waals surface area contributed by atoms with Crippen LogP contribution in [-0.2, 0) is 0 Å². The van der Waals surface area contributed by atoms with Crippen LogP contribution in [-0.4, -0.2) is 36.1 Å². The van der Waals surface area contributed by atoms with Gasteiger partial charge >= 0.3 is 0 Å². The molecular weight excluding hydrogens is 254 g/mol. The number of aromatic nitrogens is 2. The average molecular weight is 269 g/mol. The zero-order valence-electron chi connectivity index (χ0n) is 11.0. The second kappa shape index (κ2) is 5.64. The van der Waals surface area contributed by atoms with Crippen LogP contribution < -0.4 is 9.80 Å². The van der Waals surface area contributed by atoms with E-state index in [0.717, 1.165) is 31.9 Å². The lowest BCUT2D eigenvalue weighted by Crippen LogP contribution is -2.46. The van der Waals surface area contributed by atoms with Crippen molar-refractivity contribution in [2.24, 2.45) is 5.18 Å². The Balaban J connectivity index is 1.71. The molecule has 1 aliphatic heterocycles. The second-order valence-corrected chi connectivity index (χ2v) is 4.62. The summed E-state index contributed by atoms with van der Waals surface area (Å²) in [4.78, 5) is 23.6. The van der Waals surface area contributed by atoms with E-state index in [0.29, 0.717) is 11.5 Å². The first-order valence-corrected chi connectivity index (χ1v) is 6.57. The number of nitroso groups, excluding NO2 is 1. The number of anilines is 2. The normalized spacial score (nSPS) is 15.2. The molecule has 0 saturated carbocycles. The molecule has 0 bridgehead atoms. The SMILES string of the molecule is O=Nc1cccnc1N1CCN(c2cccnc2)CC1. The van der Waals surface area contributed by atoms with Crippen LogP contribution in [0.2, 0.25) is 0 Å². The molecule has 0 aromatic carbocycles. The number of pyridine rings is 2. The maximum atomic E-state index is 10.8. The summed E-state index contributed by atoms with van der Waals surface area (Å²) in [6.45, 7) is 3.38. The van der Waals surface area contributed by atoms with Crippen molar-refractivity contribution in [3.63, 3.8) is 0 Å². The van der Waals surface area contributed by atoms with E-state index in [2.05, 4.69) is 31.0 Å². The standard InChI is InChI=1S/C14H15N5O/c20-17-13-4-2-6-16-14(13)19-9-7-18(8-10-19)12-3-1-5-15-11-12/h1-6,11H,7-10H2. The summed E-state index contributed by atoms with van der Waals surface area (Å²) in [6, 6.07) is 7.42. The molecule has 6 nitrogen and oxygen atoms in total. The molecular formula is C14H15N5O. The zero-order chi connectivity index (χ0) is 13.8. The van der Waals surface area contributed by atoms with Gasteiger partial charge < -0.3 is 9.80 Å². The largest absolute Gasteiger partial charge is 0.367 e. The highest BCUT2D eigenvalue weighted by molar-refractivity contribution is 5.62. The van der Waals surface area contributed by atoms with Crippen molar-refractivity contribution in [2.45, 2.75) is 0 Å². The Morgan fingerprint density at radius 3 is 2.45 bits per heavy atom. The van der Waals surface area contributed by atoms with Crippen LogP contribution in [0.5, 0.6) is 0 Å². The average Bonchev–Trinajstić information content (AvgIpc) is 2.56. The van der Waals surface area contributed by atoms with E-state index in [-0.39, 0.29) is 0 Å². The molecule has 1 fully saturated rings. The lowest BCUT2D eigenvalue weighted by Gasteiger charge is -2.36. The Morgan fingerprint density at radius 2 is 1.75 bits per heavy atom. The molecule has 6 heteroatoms. The van der Waals surface area contributed by atoms with Gasteiger partial charge in [-0.2, -0.15) is 0 Å². The minimum Gasteiger partial charge on any atom is -0.367 e. The van der Waals surface area contributed by atoms with Crippen LogP contribution in [0.25, 0.3) is 0 Å². The van der Waals surface area contributed by atoms with E-state index >= 15 is 0 Å². The van der Waals surface area contributed by atoms with Crippen molar-refractivity contribution in [3.8, 4) is 0 Å². The minimum atomic E-state index is 0.405. The first-order chi connectivity index (χ1) is 9.88. The highest BCUT2D eigenvalue weighted by Gasteiger charge is 2.20. The molecule has 1 aliphatic rings. The minimum absolute atomic E-state index is 0.405. The molecule has 2 aromatic rings. The smallest absolute Gasteiger partial charge is 0.158 e. The fourth-order valence-corrected chi connectivity index (χ4v) is 2.42. The summed E-state index contributed by atoms with van der Waals surface area (Å²) in [7, 11) is 0. The molecule has 0 N–H and O–H groups in total. The molecule has 0 aliphatic carbocycles. The lowest BCUT2D eigenvalue weighted by molar-refractivity contribution is 0.647. The van der Waals surface area contributed by atoms with Crippen molar-refractivity contribution in [1.82, 2.24) is 9.97 Å². The molecule has 0 atom stereocenters. The van der Waals surface area contributed by atoms with Gasteiger partial charge in [0, 0.05) is 38.6 Å². The van der Waals surface area contributed by atoms with Crippen LogP contribution in [0, 0.1) is 4.91 Å². The molecule has 2 aromatic heterocycles. The predicted molar refractivity (Wildman–Crippen MR) is 78.4 cm³/mol. The third kappa shape index (κ3) is 2.45. The topological polar surface area (TPSA) is 61.7 Å². The Bertz CT molecular complexity index is 581. The van der Waals surface area contributed by atoms with Gasteiger partial charge in [0.15, 0.2) is 5.82 Å². The summed E-state index contributed by atoms with van der Waals surface area (Å²) < 4.78 is 0. The first kappa shape index (κ1) is 12.5. The number of hydrogen-bond donors (Lipinski definition) is 0. The summed E-state index contributed by atoms with van der Waals surface area (Å²) in [5.74, 6) is 0.674. The second-order valence-electron chi connectivity index (χ2n) is 4.62. The Kier molecular flexibility index (Phi) is 3.54.